The van der Waals surface area contributed by atoms with Crippen LogP contribution in [0.5, 0.6) is 0 Å². The van der Waals surface area contributed by atoms with Gasteiger partial charge in [-0.2, -0.15) is 0 Å². The Bertz CT molecular complexity index is 376. The van der Waals surface area contributed by atoms with E-state index in [-0.39, 0.29) is 11.6 Å². The van der Waals surface area contributed by atoms with Gasteiger partial charge in [0, 0.05) is 19.5 Å². The maximum Gasteiger partial charge on any atom is 0.151 e. The Morgan fingerprint density at radius 2 is 1.72 bits per heavy atom. The zero-order valence-electron chi connectivity index (χ0n) is 11.3. The molecule has 3 nitrogen and oxygen atoms in total. The fourth-order valence-corrected chi connectivity index (χ4v) is 1.64. The first kappa shape index (κ1) is 14.8. The number of hydrogen-bond acceptors (Lipinski definition) is 3. The van der Waals surface area contributed by atoms with E-state index in [1.54, 1.807) is 12.1 Å². The number of carbonyl (C=O) groups excluding carboxylic acids is 1. The predicted molar refractivity (Wildman–Crippen MR) is 71.2 cm³/mol. The van der Waals surface area contributed by atoms with E-state index in [9.17, 15) is 9.18 Å². The van der Waals surface area contributed by atoms with Crippen molar-refractivity contribution in [2.45, 2.75) is 6.42 Å². The average Bonchev–Trinajstić information content (AvgIpc) is 2.29. The SMILES string of the molecule is CN(C)CCN(C)CC(=O)Cc1ccc(F)cc1. The lowest BCUT2D eigenvalue weighted by Crippen LogP contribution is -2.33. The van der Waals surface area contributed by atoms with Gasteiger partial charge in [-0.05, 0) is 38.8 Å². The van der Waals surface area contributed by atoms with Crippen LogP contribution in [-0.2, 0) is 11.2 Å². The van der Waals surface area contributed by atoms with Crippen molar-refractivity contribution in [3.8, 4) is 0 Å². The fourth-order valence-electron chi connectivity index (χ4n) is 1.64. The van der Waals surface area contributed by atoms with Crippen molar-refractivity contribution in [2.24, 2.45) is 0 Å². The highest BCUT2D eigenvalue weighted by Gasteiger charge is 2.08. The largest absolute Gasteiger partial charge is 0.308 e. The monoisotopic (exact) mass is 252 g/mol. The highest BCUT2D eigenvalue weighted by molar-refractivity contribution is 5.82. The first-order valence-corrected chi connectivity index (χ1v) is 6.07. The number of benzene rings is 1. The van der Waals surface area contributed by atoms with Gasteiger partial charge >= 0.3 is 0 Å². The molecule has 0 aromatic heterocycles. The van der Waals surface area contributed by atoms with Gasteiger partial charge < -0.3 is 4.90 Å². The molecule has 0 saturated heterocycles. The van der Waals surface area contributed by atoms with Gasteiger partial charge in [-0.15, -0.1) is 0 Å². The molecule has 0 aliphatic carbocycles. The van der Waals surface area contributed by atoms with E-state index in [1.165, 1.54) is 12.1 Å². The van der Waals surface area contributed by atoms with Crippen LogP contribution in [0, 0.1) is 5.82 Å². The first-order chi connectivity index (χ1) is 8.47. The molecule has 0 aliphatic heterocycles. The molecule has 0 heterocycles. The molecule has 1 aromatic carbocycles. The molecule has 0 radical (unpaired) electrons. The van der Waals surface area contributed by atoms with Crippen molar-refractivity contribution < 1.29 is 9.18 Å². The zero-order valence-corrected chi connectivity index (χ0v) is 11.3. The van der Waals surface area contributed by atoms with E-state index >= 15 is 0 Å². The molecule has 1 aromatic rings. The van der Waals surface area contributed by atoms with Crippen molar-refractivity contribution in [1.29, 1.82) is 0 Å². The highest BCUT2D eigenvalue weighted by atomic mass is 19.1. The second-order valence-corrected chi connectivity index (χ2v) is 4.88. The summed E-state index contributed by atoms with van der Waals surface area (Å²) in [5, 5.41) is 0. The van der Waals surface area contributed by atoms with E-state index in [0.29, 0.717) is 13.0 Å². The molecule has 0 spiro atoms. The lowest BCUT2D eigenvalue weighted by molar-refractivity contribution is -0.119. The summed E-state index contributed by atoms with van der Waals surface area (Å²) in [6.45, 7) is 2.23. The molecule has 18 heavy (non-hydrogen) atoms. The van der Waals surface area contributed by atoms with Crippen LogP contribution in [0.2, 0.25) is 0 Å². The summed E-state index contributed by atoms with van der Waals surface area (Å²) in [6.07, 6.45) is 0.368. The lowest BCUT2D eigenvalue weighted by Gasteiger charge is -2.18. The van der Waals surface area contributed by atoms with Crippen LogP contribution in [-0.4, -0.2) is 56.4 Å². The molecule has 1 rings (SSSR count). The quantitative estimate of drug-likeness (QED) is 0.733. The standard InChI is InChI=1S/C14H21FN2O/c1-16(2)8-9-17(3)11-14(18)10-12-4-6-13(15)7-5-12/h4-7H,8-11H2,1-3H3. The third-order valence-corrected chi connectivity index (χ3v) is 2.69. The smallest absolute Gasteiger partial charge is 0.151 e. The summed E-state index contributed by atoms with van der Waals surface area (Å²) in [5.74, 6) is -0.114. The Labute approximate surface area is 108 Å². The van der Waals surface area contributed by atoms with Crippen LogP contribution >= 0.6 is 0 Å². The van der Waals surface area contributed by atoms with E-state index in [2.05, 4.69) is 4.90 Å². The van der Waals surface area contributed by atoms with Crippen LogP contribution in [0.25, 0.3) is 0 Å². The number of likely N-dealkylation sites (N-methyl/N-ethyl adjacent to an activating group) is 2. The number of nitrogens with zero attached hydrogens (tertiary/aromatic N) is 2. The first-order valence-electron chi connectivity index (χ1n) is 6.07. The minimum Gasteiger partial charge on any atom is -0.308 e. The molecule has 0 aliphatic rings. The van der Waals surface area contributed by atoms with E-state index in [0.717, 1.165) is 18.7 Å². The van der Waals surface area contributed by atoms with Gasteiger partial charge in [-0.25, -0.2) is 4.39 Å². The van der Waals surface area contributed by atoms with E-state index < -0.39 is 0 Å². The summed E-state index contributed by atoms with van der Waals surface area (Å²) in [4.78, 5) is 15.9. The number of hydrogen-bond donors (Lipinski definition) is 0. The Hall–Kier alpha value is -1.26. The molecule has 0 amide bonds. The minimum atomic E-state index is -0.269. The number of Topliss-reactive ketones (excluding diaryl/α,β-unsaturated/α-hetero) is 1. The highest BCUT2D eigenvalue weighted by Crippen LogP contribution is 2.04. The molecular formula is C14H21FN2O. The fraction of sp³-hybridized carbons (Fsp3) is 0.500. The molecule has 0 saturated carbocycles. The summed E-state index contributed by atoms with van der Waals surface area (Å²) in [6, 6.07) is 6.09. The number of carbonyl (C=O) groups is 1. The molecular weight excluding hydrogens is 231 g/mol. The Morgan fingerprint density at radius 3 is 2.28 bits per heavy atom. The molecule has 0 bridgehead atoms. The normalized spacial score (nSPS) is 11.2. The van der Waals surface area contributed by atoms with Gasteiger partial charge in [-0.3, -0.25) is 9.69 Å². The minimum absolute atomic E-state index is 0.155. The van der Waals surface area contributed by atoms with E-state index in [4.69, 9.17) is 0 Å². The zero-order chi connectivity index (χ0) is 13.5. The average molecular weight is 252 g/mol. The molecule has 0 unspecified atom stereocenters. The molecule has 0 N–H and O–H groups in total. The summed E-state index contributed by atoms with van der Waals surface area (Å²) in [5.41, 5.74) is 0.863. The van der Waals surface area contributed by atoms with Crippen molar-refractivity contribution in [3.05, 3.63) is 35.6 Å². The van der Waals surface area contributed by atoms with Gasteiger partial charge in [0.15, 0.2) is 5.78 Å². The second kappa shape index (κ2) is 7.24. The third-order valence-electron chi connectivity index (χ3n) is 2.69. The number of halogens is 1. The van der Waals surface area contributed by atoms with Gasteiger partial charge in [0.1, 0.15) is 5.82 Å². The van der Waals surface area contributed by atoms with Crippen molar-refractivity contribution >= 4 is 5.78 Å². The van der Waals surface area contributed by atoms with Crippen molar-refractivity contribution in [2.75, 3.05) is 40.8 Å². The summed E-state index contributed by atoms with van der Waals surface area (Å²) < 4.78 is 12.7. The Balaban J connectivity index is 2.34. The topological polar surface area (TPSA) is 23.6 Å². The van der Waals surface area contributed by atoms with Gasteiger partial charge in [-0.1, -0.05) is 12.1 Å². The Morgan fingerprint density at radius 1 is 1.11 bits per heavy atom. The van der Waals surface area contributed by atoms with Crippen LogP contribution in [0.1, 0.15) is 5.56 Å². The predicted octanol–water partition coefficient (Wildman–Crippen LogP) is 1.43. The van der Waals surface area contributed by atoms with E-state index in [1.807, 2.05) is 26.0 Å². The molecule has 4 heteroatoms. The van der Waals surface area contributed by atoms with Gasteiger partial charge in [0.25, 0.3) is 0 Å². The van der Waals surface area contributed by atoms with Gasteiger partial charge in [0.2, 0.25) is 0 Å². The third kappa shape index (κ3) is 5.89. The van der Waals surface area contributed by atoms with Gasteiger partial charge in [0.05, 0.1) is 6.54 Å². The van der Waals surface area contributed by atoms with Crippen molar-refractivity contribution in [3.63, 3.8) is 0 Å². The summed E-state index contributed by atoms with van der Waals surface area (Å²) in [7, 11) is 5.95. The molecule has 0 atom stereocenters. The molecule has 0 fully saturated rings. The second-order valence-electron chi connectivity index (χ2n) is 4.88. The van der Waals surface area contributed by atoms with Crippen LogP contribution < -0.4 is 0 Å². The number of ketones is 1. The van der Waals surface area contributed by atoms with Crippen molar-refractivity contribution in [1.82, 2.24) is 9.80 Å². The maximum absolute atomic E-state index is 12.7. The molecule has 100 valence electrons. The Kier molecular flexibility index (Phi) is 5.95. The van der Waals surface area contributed by atoms with Crippen LogP contribution in [0.15, 0.2) is 24.3 Å². The van der Waals surface area contributed by atoms with Crippen LogP contribution in [0.3, 0.4) is 0 Å². The maximum atomic E-state index is 12.7. The van der Waals surface area contributed by atoms with Crippen LogP contribution in [0.4, 0.5) is 4.39 Å². The summed E-state index contributed by atoms with van der Waals surface area (Å²) >= 11 is 0. The lowest BCUT2D eigenvalue weighted by atomic mass is 10.1. The number of rotatable bonds is 7.